The highest BCUT2D eigenvalue weighted by molar-refractivity contribution is 6.32. The van der Waals surface area contributed by atoms with Crippen LogP contribution in [0.2, 0.25) is 5.02 Å². The Bertz CT molecular complexity index is 492. The number of hydrogen-bond donors (Lipinski definition) is 0. The third-order valence-corrected chi connectivity index (χ3v) is 3.85. The first-order chi connectivity index (χ1) is 9.51. The highest BCUT2D eigenvalue weighted by Crippen LogP contribution is 2.25. The lowest BCUT2D eigenvalue weighted by atomic mass is 10.1. The molecule has 2 unspecified atom stereocenters. The Kier molecular flexibility index (Phi) is 5.02. The molecule has 110 valence electrons. The van der Waals surface area contributed by atoms with Crippen molar-refractivity contribution >= 4 is 17.4 Å². The third-order valence-electron chi connectivity index (χ3n) is 3.56. The second-order valence-corrected chi connectivity index (χ2v) is 5.60. The van der Waals surface area contributed by atoms with Crippen LogP contribution in [0.15, 0.2) is 18.2 Å². The van der Waals surface area contributed by atoms with Gasteiger partial charge in [-0.05, 0) is 32.0 Å². The molecule has 0 bridgehead atoms. The molecule has 1 saturated heterocycles. The van der Waals surface area contributed by atoms with Crippen LogP contribution in [-0.2, 0) is 4.74 Å². The number of methoxy groups -OCH3 is 1. The molecule has 1 heterocycles. The van der Waals surface area contributed by atoms with E-state index in [4.69, 9.17) is 21.1 Å². The molecule has 1 aromatic carbocycles. The zero-order chi connectivity index (χ0) is 14.7. The zero-order valence-electron chi connectivity index (χ0n) is 12.1. The van der Waals surface area contributed by atoms with Crippen molar-refractivity contribution in [1.82, 2.24) is 4.90 Å². The molecule has 1 aromatic rings. The summed E-state index contributed by atoms with van der Waals surface area (Å²) in [6.45, 7) is 5.92. The molecule has 0 saturated carbocycles. The topological polar surface area (TPSA) is 38.8 Å². The van der Waals surface area contributed by atoms with E-state index < -0.39 is 0 Å². The molecule has 5 heteroatoms. The van der Waals surface area contributed by atoms with E-state index >= 15 is 0 Å². The number of carbonyl (C=O) groups is 1. The van der Waals surface area contributed by atoms with Crippen molar-refractivity contribution in [3.05, 3.63) is 28.8 Å². The SMILES string of the molecule is COc1ccc(C(=O)CN2CC(C)OCC2C)cc1Cl. The number of morpholine rings is 1. The predicted molar refractivity (Wildman–Crippen MR) is 78.8 cm³/mol. The maximum Gasteiger partial charge on any atom is 0.176 e. The maximum atomic E-state index is 12.3. The normalized spacial score (nSPS) is 23.6. The van der Waals surface area contributed by atoms with Crippen LogP contribution in [0.25, 0.3) is 0 Å². The van der Waals surface area contributed by atoms with Gasteiger partial charge in [0.05, 0.1) is 31.4 Å². The van der Waals surface area contributed by atoms with Gasteiger partial charge in [-0.3, -0.25) is 9.69 Å². The third kappa shape index (κ3) is 3.51. The summed E-state index contributed by atoms with van der Waals surface area (Å²) in [6.07, 6.45) is 0.165. The van der Waals surface area contributed by atoms with E-state index in [1.54, 1.807) is 25.3 Å². The summed E-state index contributed by atoms with van der Waals surface area (Å²) in [5.41, 5.74) is 0.613. The van der Waals surface area contributed by atoms with E-state index in [-0.39, 0.29) is 17.9 Å². The molecule has 1 aliphatic heterocycles. The van der Waals surface area contributed by atoms with Gasteiger partial charge in [0.2, 0.25) is 0 Å². The number of hydrogen-bond acceptors (Lipinski definition) is 4. The lowest BCUT2D eigenvalue weighted by Gasteiger charge is -2.36. The van der Waals surface area contributed by atoms with Crippen LogP contribution in [0.1, 0.15) is 24.2 Å². The number of halogens is 1. The van der Waals surface area contributed by atoms with E-state index in [0.29, 0.717) is 29.5 Å². The Morgan fingerprint density at radius 3 is 2.90 bits per heavy atom. The monoisotopic (exact) mass is 297 g/mol. The number of ketones is 1. The fourth-order valence-corrected chi connectivity index (χ4v) is 2.57. The Labute approximate surface area is 124 Å². The van der Waals surface area contributed by atoms with Crippen molar-refractivity contribution in [1.29, 1.82) is 0 Å². The van der Waals surface area contributed by atoms with Crippen molar-refractivity contribution in [2.75, 3.05) is 26.8 Å². The Morgan fingerprint density at radius 2 is 2.25 bits per heavy atom. The summed E-state index contributed by atoms with van der Waals surface area (Å²) < 4.78 is 10.7. The summed E-state index contributed by atoms with van der Waals surface area (Å²) in [5, 5.41) is 0.460. The van der Waals surface area contributed by atoms with Crippen LogP contribution in [-0.4, -0.2) is 49.6 Å². The minimum atomic E-state index is 0.0653. The second kappa shape index (κ2) is 6.57. The van der Waals surface area contributed by atoms with Crippen LogP contribution in [0.4, 0.5) is 0 Å². The fraction of sp³-hybridized carbons (Fsp3) is 0.533. The smallest absolute Gasteiger partial charge is 0.176 e. The van der Waals surface area contributed by atoms with E-state index in [9.17, 15) is 4.79 Å². The van der Waals surface area contributed by atoms with Gasteiger partial charge in [-0.1, -0.05) is 11.6 Å². The Balaban J connectivity index is 2.06. The van der Waals surface area contributed by atoms with Gasteiger partial charge in [-0.25, -0.2) is 0 Å². The highest BCUT2D eigenvalue weighted by Gasteiger charge is 2.25. The number of nitrogens with zero attached hydrogens (tertiary/aromatic N) is 1. The molecular formula is C15H20ClNO3. The molecule has 20 heavy (non-hydrogen) atoms. The molecular weight excluding hydrogens is 278 g/mol. The Hall–Kier alpha value is -1.10. The van der Waals surface area contributed by atoms with Gasteiger partial charge in [0.1, 0.15) is 5.75 Å². The van der Waals surface area contributed by atoms with Crippen molar-refractivity contribution in [3.8, 4) is 5.75 Å². The molecule has 1 fully saturated rings. The van der Waals surface area contributed by atoms with Gasteiger partial charge in [-0.15, -0.1) is 0 Å². The summed E-state index contributed by atoms with van der Waals surface area (Å²) in [5.74, 6) is 0.645. The van der Waals surface area contributed by atoms with Crippen LogP contribution in [0.3, 0.4) is 0 Å². The first-order valence-corrected chi connectivity index (χ1v) is 7.11. The second-order valence-electron chi connectivity index (χ2n) is 5.19. The molecule has 1 aliphatic rings. The van der Waals surface area contributed by atoms with Crippen molar-refractivity contribution in [2.24, 2.45) is 0 Å². The molecule has 2 rings (SSSR count). The standard InChI is InChI=1S/C15H20ClNO3/c1-10-9-20-11(2)7-17(10)8-14(18)12-4-5-15(19-3)13(16)6-12/h4-6,10-11H,7-9H2,1-3H3. The summed E-state index contributed by atoms with van der Waals surface area (Å²) in [7, 11) is 1.56. The molecule has 0 amide bonds. The van der Waals surface area contributed by atoms with Crippen LogP contribution in [0.5, 0.6) is 5.75 Å². The number of carbonyl (C=O) groups excluding carboxylic acids is 1. The van der Waals surface area contributed by atoms with Crippen molar-refractivity contribution in [2.45, 2.75) is 26.0 Å². The molecule has 0 aliphatic carbocycles. The highest BCUT2D eigenvalue weighted by atomic mass is 35.5. The fourth-order valence-electron chi connectivity index (χ4n) is 2.31. The molecule has 0 spiro atoms. The van der Waals surface area contributed by atoms with Gasteiger partial charge < -0.3 is 9.47 Å². The van der Waals surface area contributed by atoms with Gasteiger partial charge in [0, 0.05) is 18.2 Å². The lowest BCUT2D eigenvalue weighted by molar-refractivity contribution is -0.0460. The van der Waals surface area contributed by atoms with E-state index in [1.165, 1.54) is 0 Å². The largest absolute Gasteiger partial charge is 0.495 e. The van der Waals surface area contributed by atoms with Gasteiger partial charge in [-0.2, -0.15) is 0 Å². The number of ether oxygens (including phenoxy) is 2. The van der Waals surface area contributed by atoms with Crippen LogP contribution < -0.4 is 4.74 Å². The first kappa shape index (κ1) is 15.3. The minimum absolute atomic E-state index is 0.0653. The number of rotatable bonds is 4. The molecule has 0 N–H and O–H groups in total. The van der Waals surface area contributed by atoms with Crippen molar-refractivity contribution in [3.63, 3.8) is 0 Å². The van der Waals surface area contributed by atoms with E-state index in [2.05, 4.69) is 11.8 Å². The Morgan fingerprint density at radius 1 is 1.50 bits per heavy atom. The van der Waals surface area contributed by atoms with Crippen molar-refractivity contribution < 1.29 is 14.3 Å². The summed E-state index contributed by atoms with van der Waals surface area (Å²) >= 11 is 6.06. The van der Waals surface area contributed by atoms with Gasteiger partial charge in [0.15, 0.2) is 5.78 Å². The predicted octanol–water partition coefficient (Wildman–Crippen LogP) is 2.64. The molecule has 0 radical (unpaired) electrons. The molecule has 4 nitrogen and oxygen atoms in total. The first-order valence-electron chi connectivity index (χ1n) is 6.73. The average Bonchev–Trinajstić information content (AvgIpc) is 2.42. The van der Waals surface area contributed by atoms with Gasteiger partial charge >= 0.3 is 0 Å². The molecule has 2 atom stereocenters. The quantitative estimate of drug-likeness (QED) is 0.801. The zero-order valence-corrected chi connectivity index (χ0v) is 12.8. The van der Waals surface area contributed by atoms with E-state index in [1.807, 2.05) is 6.92 Å². The lowest BCUT2D eigenvalue weighted by Crippen LogP contribution is -2.49. The number of benzene rings is 1. The summed E-state index contributed by atoms with van der Waals surface area (Å²) in [6, 6.07) is 5.39. The van der Waals surface area contributed by atoms with E-state index in [0.717, 1.165) is 6.54 Å². The minimum Gasteiger partial charge on any atom is -0.495 e. The van der Waals surface area contributed by atoms with Crippen LogP contribution >= 0.6 is 11.6 Å². The summed E-state index contributed by atoms with van der Waals surface area (Å²) in [4.78, 5) is 14.5. The average molecular weight is 298 g/mol. The number of Topliss-reactive ketones (excluding diaryl/α,β-unsaturated/α-hetero) is 1. The van der Waals surface area contributed by atoms with Gasteiger partial charge in [0.25, 0.3) is 0 Å². The molecule has 0 aromatic heterocycles. The maximum absolute atomic E-state index is 12.3. The van der Waals surface area contributed by atoms with Crippen LogP contribution in [0, 0.1) is 0 Å².